The molecule has 1 unspecified atom stereocenters. The minimum absolute atomic E-state index is 0.188. The van der Waals surface area contributed by atoms with Gasteiger partial charge in [-0.15, -0.1) is 0 Å². The lowest BCUT2D eigenvalue weighted by molar-refractivity contribution is -0.123. The van der Waals surface area contributed by atoms with Gasteiger partial charge in [-0.25, -0.2) is 9.37 Å². The number of halogens is 1. The molecule has 1 N–H and O–H groups in total. The Morgan fingerprint density at radius 3 is 2.43 bits per heavy atom. The Bertz CT molecular complexity index is 925. The predicted molar refractivity (Wildman–Crippen MR) is 103 cm³/mol. The molecule has 6 nitrogen and oxygen atoms in total. The highest BCUT2D eigenvalue weighted by molar-refractivity contribution is 5.78. The Kier molecular flexibility index (Phi) is 6.26. The summed E-state index contributed by atoms with van der Waals surface area (Å²) in [6, 6.07) is 12.6. The molecule has 28 heavy (non-hydrogen) atoms. The lowest BCUT2D eigenvalue weighted by Crippen LogP contribution is -2.34. The molecule has 0 saturated heterocycles. The van der Waals surface area contributed by atoms with E-state index in [-0.39, 0.29) is 18.3 Å². The highest BCUT2D eigenvalue weighted by atomic mass is 19.1. The van der Waals surface area contributed by atoms with Crippen molar-refractivity contribution in [2.75, 3.05) is 13.2 Å². The summed E-state index contributed by atoms with van der Waals surface area (Å²) < 4.78 is 26.2. The molecule has 0 aliphatic rings. The van der Waals surface area contributed by atoms with E-state index in [0.29, 0.717) is 23.9 Å². The van der Waals surface area contributed by atoms with Gasteiger partial charge in [0.05, 0.1) is 6.61 Å². The number of ether oxygens (including phenoxy) is 2. The molecule has 0 spiro atoms. The van der Waals surface area contributed by atoms with Gasteiger partial charge in [-0.1, -0.05) is 24.3 Å². The van der Waals surface area contributed by atoms with Crippen molar-refractivity contribution in [1.29, 1.82) is 0 Å². The number of aryl methyl sites for hydroxylation is 1. The minimum Gasteiger partial charge on any atom is -0.490 e. The van der Waals surface area contributed by atoms with E-state index >= 15 is 0 Å². The third-order valence-corrected chi connectivity index (χ3v) is 4.13. The molecule has 0 saturated carbocycles. The maximum Gasteiger partial charge on any atom is 0.258 e. The predicted octanol–water partition coefficient (Wildman–Crippen LogP) is 3.24. The fourth-order valence-corrected chi connectivity index (χ4v) is 2.80. The summed E-state index contributed by atoms with van der Waals surface area (Å²) in [7, 11) is 1.83. The Hall–Kier alpha value is -3.35. The second kappa shape index (κ2) is 9.03. The van der Waals surface area contributed by atoms with Gasteiger partial charge in [0.1, 0.15) is 17.7 Å². The summed E-state index contributed by atoms with van der Waals surface area (Å²) in [5, 5.41) is 2.91. The van der Waals surface area contributed by atoms with Gasteiger partial charge in [0.2, 0.25) is 0 Å². The van der Waals surface area contributed by atoms with E-state index in [1.54, 1.807) is 41.2 Å². The van der Waals surface area contributed by atoms with Crippen LogP contribution in [0.2, 0.25) is 0 Å². The lowest BCUT2D eigenvalue weighted by Gasteiger charge is -2.19. The van der Waals surface area contributed by atoms with Crippen molar-refractivity contribution in [2.45, 2.75) is 13.0 Å². The molecule has 1 aromatic heterocycles. The van der Waals surface area contributed by atoms with Crippen LogP contribution in [0.1, 0.15) is 24.4 Å². The lowest BCUT2D eigenvalue weighted by atomic mass is 10.1. The molecule has 146 valence electrons. The Balaban J connectivity index is 1.73. The molecule has 3 aromatic rings. The van der Waals surface area contributed by atoms with Crippen LogP contribution in [0.25, 0.3) is 0 Å². The number of amides is 1. The number of nitrogens with one attached hydrogen (secondary N) is 1. The number of hydrogen-bond donors (Lipinski definition) is 1. The molecule has 3 rings (SSSR count). The molecule has 1 atom stereocenters. The maximum atomic E-state index is 13.3. The van der Waals surface area contributed by atoms with Crippen LogP contribution in [0.3, 0.4) is 0 Å². The monoisotopic (exact) mass is 383 g/mol. The van der Waals surface area contributed by atoms with E-state index in [4.69, 9.17) is 9.47 Å². The van der Waals surface area contributed by atoms with Gasteiger partial charge in [0.25, 0.3) is 5.91 Å². The Morgan fingerprint density at radius 1 is 1.14 bits per heavy atom. The third-order valence-electron chi connectivity index (χ3n) is 4.13. The number of nitrogens with zero attached hydrogens (tertiary/aromatic N) is 2. The summed E-state index contributed by atoms with van der Waals surface area (Å²) in [6.45, 7) is 2.19. The first-order valence-corrected chi connectivity index (χ1v) is 8.95. The average Bonchev–Trinajstić information content (AvgIpc) is 3.12. The molecule has 0 radical (unpaired) electrons. The van der Waals surface area contributed by atoms with Crippen LogP contribution in [0, 0.1) is 5.82 Å². The van der Waals surface area contributed by atoms with Gasteiger partial charge >= 0.3 is 0 Å². The molecule has 7 heteroatoms. The van der Waals surface area contributed by atoms with Gasteiger partial charge in [-0.2, -0.15) is 0 Å². The Morgan fingerprint density at radius 2 is 1.82 bits per heavy atom. The first-order chi connectivity index (χ1) is 13.6. The zero-order chi connectivity index (χ0) is 19.9. The van der Waals surface area contributed by atoms with Crippen molar-refractivity contribution >= 4 is 5.91 Å². The van der Waals surface area contributed by atoms with E-state index in [1.807, 2.05) is 26.1 Å². The number of imidazole rings is 1. The molecule has 0 fully saturated rings. The Labute approximate surface area is 162 Å². The van der Waals surface area contributed by atoms with E-state index in [2.05, 4.69) is 10.3 Å². The fraction of sp³-hybridized carbons (Fsp3) is 0.238. The van der Waals surface area contributed by atoms with Crippen LogP contribution in [-0.4, -0.2) is 28.7 Å². The third kappa shape index (κ3) is 4.68. The quantitative estimate of drug-likeness (QED) is 0.649. The molecule has 0 aliphatic heterocycles. The molecule has 1 heterocycles. The molecule has 2 aromatic carbocycles. The smallest absolute Gasteiger partial charge is 0.258 e. The number of carbonyl (C=O) groups excluding carboxylic acids is 1. The number of benzene rings is 2. The SMILES string of the molecule is CCOc1ccccc1OCC(=O)NC(c1ccc(F)cc1)c1nccn1C. The zero-order valence-electron chi connectivity index (χ0n) is 15.8. The van der Waals surface area contributed by atoms with Crippen LogP contribution in [0.5, 0.6) is 11.5 Å². The van der Waals surface area contributed by atoms with Crippen LogP contribution in [0.15, 0.2) is 60.9 Å². The summed E-state index contributed by atoms with van der Waals surface area (Å²) in [5.41, 5.74) is 0.721. The summed E-state index contributed by atoms with van der Waals surface area (Å²) >= 11 is 0. The normalized spacial score (nSPS) is 11.7. The molecule has 0 bridgehead atoms. The van der Waals surface area contributed by atoms with E-state index in [1.165, 1.54) is 12.1 Å². The van der Waals surface area contributed by atoms with Gasteiger partial charge in [0, 0.05) is 19.4 Å². The summed E-state index contributed by atoms with van der Waals surface area (Å²) in [6.07, 6.45) is 3.43. The number of rotatable bonds is 8. The van der Waals surface area contributed by atoms with Crippen molar-refractivity contribution in [3.05, 3.63) is 78.1 Å². The van der Waals surface area contributed by atoms with Crippen LogP contribution in [0.4, 0.5) is 4.39 Å². The highest BCUT2D eigenvalue weighted by Crippen LogP contribution is 2.26. The fourth-order valence-electron chi connectivity index (χ4n) is 2.80. The summed E-state index contributed by atoms with van der Waals surface area (Å²) in [4.78, 5) is 16.9. The first kappa shape index (κ1) is 19.4. The van der Waals surface area contributed by atoms with Gasteiger partial charge in [-0.3, -0.25) is 4.79 Å². The van der Waals surface area contributed by atoms with Crippen molar-refractivity contribution in [3.8, 4) is 11.5 Å². The first-order valence-electron chi connectivity index (χ1n) is 8.95. The highest BCUT2D eigenvalue weighted by Gasteiger charge is 2.21. The molecule has 1 amide bonds. The average molecular weight is 383 g/mol. The van der Waals surface area contributed by atoms with Crippen LogP contribution < -0.4 is 14.8 Å². The van der Waals surface area contributed by atoms with Crippen molar-refractivity contribution in [2.24, 2.45) is 7.05 Å². The summed E-state index contributed by atoms with van der Waals surface area (Å²) in [5.74, 6) is 1.04. The second-order valence-corrected chi connectivity index (χ2v) is 6.12. The second-order valence-electron chi connectivity index (χ2n) is 6.12. The zero-order valence-corrected chi connectivity index (χ0v) is 15.8. The van der Waals surface area contributed by atoms with Gasteiger partial charge in [0.15, 0.2) is 18.1 Å². The van der Waals surface area contributed by atoms with Gasteiger partial charge in [-0.05, 0) is 36.8 Å². The number of hydrogen-bond acceptors (Lipinski definition) is 4. The van der Waals surface area contributed by atoms with Crippen molar-refractivity contribution in [3.63, 3.8) is 0 Å². The van der Waals surface area contributed by atoms with Crippen LogP contribution >= 0.6 is 0 Å². The maximum absolute atomic E-state index is 13.3. The molecular formula is C21H22FN3O3. The van der Waals surface area contributed by atoms with E-state index in [0.717, 1.165) is 5.56 Å². The molecular weight excluding hydrogens is 361 g/mol. The van der Waals surface area contributed by atoms with Crippen LogP contribution in [-0.2, 0) is 11.8 Å². The topological polar surface area (TPSA) is 65.4 Å². The van der Waals surface area contributed by atoms with E-state index in [9.17, 15) is 9.18 Å². The largest absolute Gasteiger partial charge is 0.490 e. The van der Waals surface area contributed by atoms with Crippen molar-refractivity contribution < 1.29 is 18.7 Å². The van der Waals surface area contributed by atoms with Crippen molar-refractivity contribution in [1.82, 2.24) is 14.9 Å². The number of carbonyl (C=O) groups is 1. The molecule has 0 aliphatic carbocycles. The standard InChI is InChI=1S/C21H22FN3O3/c1-3-27-17-6-4-5-7-18(17)28-14-19(26)24-20(21-23-12-13-25(21)2)15-8-10-16(22)11-9-15/h4-13,20H,3,14H2,1-2H3,(H,24,26). The minimum atomic E-state index is -0.529. The number of para-hydroxylation sites is 2. The van der Waals surface area contributed by atoms with Gasteiger partial charge < -0.3 is 19.4 Å². The number of aromatic nitrogens is 2. The van der Waals surface area contributed by atoms with E-state index < -0.39 is 6.04 Å².